The van der Waals surface area contributed by atoms with E-state index in [-0.39, 0.29) is 11.9 Å². The van der Waals surface area contributed by atoms with Gasteiger partial charge in [0.05, 0.1) is 18.2 Å². The van der Waals surface area contributed by atoms with E-state index in [9.17, 15) is 13.2 Å². The normalized spacial score (nSPS) is 16.9. The Labute approximate surface area is 141 Å². The van der Waals surface area contributed by atoms with Gasteiger partial charge in [-0.3, -0.25) is 9.10 Å². The van der Waals surface area contributed by atoms with Crippen molar-refractivity contribution in [2.24, 2.45) is 0 Å². The fourth-order valence-corrected chi connectivity index (χ4v) is 4.37. The number of fused-ring (bicyclic) bond motifs is 1. The van der Waals surface area contributed by atoms with Crippen LogP contribution in [0.2, 0.25) is 0 Å². The fourth-order valence-electron chi connectivity index (χ4n) is 3.11. The molecule has 1 atom stereocenters. The Morgan fingerprint density at radius 2 is 2.17 bits per heavy atom. The second-order valence-corrected chi connectivity index (χ2v) is 7.90. The first kappa shape index (κ1) is 16.6. The molecule has 1 unspecified atom stereocenters. The van der Waals surface area contributed by atoms with E-state index >= 15 is 0 Å². The van der Waals surface area contributed by atoms with Crippen molar-refractivity contribution in [1.82, 2.24) is 5.32 Å². The summed E-state index contributed by atoms with van der Waals surface area (Å²) < 4.78 is 30.5. The molecule has 0 aliphatic carbocycles. The van der Waals surface area contributed by atoms with E-state index in [1.165, 1.54) is 10.6 Å². The van der Waals surface area contributed by atoms with E-state index in [1.54, 1.807) is 24.5 Å². The number of hydrogen-bond acceptors (Lipinski definition) is 4. The van der Waals surface area contributed by atoms with E-state index in [1.807, 2.05) is 19.1 Å². The summed E-state index contributed by atoms with van der Waals surface area (Å²) in [4.78, 5) is 12.3. The average Bonchev–Trinajstić information content (AvgIpc) is 3.11. The van der Waals surface area contributed by atoms with Crippen molar-refractivity contribution in [2.45, 2.75) is 25.8 Å². The first-order valence-electron chi connectivity index (χ1n) is 7.79. The molecule has 0 spiro atoms. The molecule has 0 bridgehead atoms. The molecule has 1 aromatic carbocycles. The first-order chi connectivity index (χ1) is 11.4. The zero-order chi connectivity index (χ0) is 17.3. The van der Waals surface area contributed by atoms with Crippen molar-refractivity contribution >= 4 is 21.6 Å². The first-order valence-corrected chi connectivity index (χ1v) is 9.64. The molecule has 0 radical (unpaired) electrons. The Bertz CT molecular complexity index is 843. The Kier molecular flexibility index (Phi) is 4.36. The van der Waals surface area contributed by atoms with Crippen LogP contribution in [0.3, 0.4) is 0 Å². The van der Waals surface area contributed by atoms with Gasteiger partial charge in [0, 0.05) is 24.6 Å². The highest BCUT2D eigenvalue weighted by atomic mass is 32.2. The highest BCUT2D eigenvalue weighted by Gasteiger charge is 2.32. The number of carbonyl (C=O) groups excluding carboxylic acids is 1. The fraction of sp³-hybridized carbons (Fsp3) is 0.353. The number of amides is 1. The maximum atomic E-state index is 12.3. The number of nitrogens with zero attached hydrogens (tertiary/aromatic N) is 1. The molecule has 6 nitrogen and oxygen atoms in total. The lowest BCUT2D eigenvalue weighted by molar-refractivity contribution is 0.0953. The predicted molar refractivity (Wildman–Crippen MR) is 91.7 cm³/mol. The van der Waals surface area contributed by atoms with Crippen molar-refractivity contribution in [2.75, 3.05) is 17.1 Å². The van der Waals surface area contributed by atoms with Crippen LogP contribution in [-0.4, -0.2) is 33.2 Å². The monoisotopic (exact) mass is 348 g/mol. The highest BCUT2D eigenvalue weighted by molar-refractivity contribution is 7.92. The van der Waals surface area contributed by atoms with Gasteiger partial charge in [-0.1, -0.05) is 0 Å². The van der Waals surface area contributed by atoms with E-state index in [4.69, 9.17) is 4.42 Å². The molecule has 2 aromatic rings. The molecule has 7 heteroatoms. The maximum absolute atomic E-state index is 12.3. The van der Waals surface area contributed by atoms with Gasteiger partial charge in [0.1, 0.15) is 5.76 Å². The van der Waals surface area contributed by atoms with Crippen LogP contribution in [0, 0.1) is 0 Å². The SMILES string of the molecule is CC1Cc2cc(C(=O)NCCc3ccco3)ccc2N1S(C)(=O)=O. The van der Waals surface area contributed by atoms with Crippen LogP contribution >= 0.6 is 0 Å². The average molecular weight is 348 g/mol. The third-order valence-electron chi connectivity index (χ3n) is 4.09. The van der Waals surface area contributed by atoms with Gasteiger partial charge < -0.3 is 9.73 Å². The summed E-state index contributed by atoms with van der Waals surface area (Å²) in [5.41, 5.74) is 2.08. The molecule has 0 saturated heterocycles. The Morgan fingerprint density at radius 1 is 1.38 bits per heavy atom. The van der Waals surface area contributed by atoms with Crippen LogP contribution < -0.4 is 9.62 Å². The number of anilines is 1. The third-order valence-corrected chi connectivity index (χ3v) is 5.36. The number of hydrogen-bond donors (Lipinski definition) is 1. The van der Waals surface area contributed by atoms with Crippen molar-refractivity contribution in [1.29, 1.82) is 0 Å². The quantitative estimate of drug-likeness (QED) is 0.896. The number of furan rings is 1. The minimum atomic E-state index is -3.32. The second kappa shape index (κ2) is 6.32. The molecular formula is C17H20N2O4S. The minimum Gasteiger partial charge on any atom is -0.469 e. The number of rotatable bonds is 5. The molecule has 2 heterocycles. The van der Waals surface area contributed by atoms with Gasteiger partial charge >= 0.3 is 0 Å². The van der Waals surface area contributed by atoms with Gasteiger partial charge in [-0.25, -0.2) is 8.42 Å². The summed E-state index contributed by atoms with van der Waals surface area (Å²) in [6, 6.07) is 8.69. The van der Waals surface area contributed by atoms with Gasteiger partial charge in [-0.15, -0.1) is 0 Å². The lowest BCUT2D eigenvalue weighted by Gasteiger charge is -2.21. The lowest BCUT2D eigenvalue weighted by atomic mass is 10.1. The Morgan fingerprint density at radius 3 is 2.83 bits per heavy atom. The summed E-state index contributed by atoms with van der Waals surface area (Å²) in [5.74, 6) is 0.650. The van der Waals surface area contributed by atoms with Crippen molar-refractivity contribution in [3.05, 3.63) is 53.5 Å². The summed E-state index contributed by atoms with van der Waals surface area (Å²) >= 11 is 0. The van der Waals surface area contributed by atoms with E-state index < -0.39 is 10.0 Å². The van der Waals surface area contributed by atoms with Crippen molar-refractivity contribution in [3.63, 3.8) is 0 Å². The number of carbonyl (C=O) groups is 1. The molecule has 0 saturated carbocycles. The molecule has 1 amide bonds. The zero-order valence-corrected chi connectivity index (χ0v) is 14.5. The van der Waals surface area contributed by atoms with Crippen LogP contribution in [0.25, 0.3) is 0 Å². The van der Waals surface area contributed by atoms with Crippen LogP contribution in [0.5, 0.6) is 0 Å². The number of benzene rings is 1. The molecule has 128 valence electrons. The zero-order valence-electron chi connectivity index (χ0n) is 13.7. The largest absolute Gasteiger partial charge is 0.469 e. The molecule has 1 aliphatic heterocycles. The van der Waals surface area contributed by atoms with E-state index in [0.717, 1.165) is 11.3 Å². The minimum absolute atomic E-state index is 0.132. The summed E-state index contributed by atoms with van der Waals surface area (Å²) in [6.45, 7) is 2.35. The van der Waals surface area contributed by atoms with E-state index in [0.29, 0.717) is 30.6 Å². The predicted octanol–water partition coefficient (Wildman–Crippen LogP) is 1.96. The molecule has 0 fully saturated rings. The molecule has 1 aliphatic rings. The number of nitrogens with one attached hydrogen (secondary N) is 1. The lowest BCUT2D eigenvalue weighted by Crippen LogP contribution is -2.34. The van der Waals surface area contributed by atoms with Gasteiger partial charge in [0.15, 0.2) is 0 Å². The van der Waals surface area contributed by atoms with Crippen molar-refractivity contribution < 1.29 is 17.6 Å². The van der Waals surface area contributed by atoms with E-state index in [2.05, 4.69) is 5.32 Å². The Balaban J connectivity index is 1.70. The standard InChI is InChI=1S/C17H20N2O4S/c1-12-10-14-11-13(5-6-16(14)19(12)24(2,21)22)17(20)18-8-7-15-4-3-9-23-15/h3-6,9,11-12H,7-8,10H2,1-2H3,(H,18,20). The second-order valence-electron chi connectivity index (χ2n) is 6.04. The molecular weight excluding hydrogens is 328 g/mol. The van der Waals surface area contributed by atoms with Gasteiger partial charge in [-0.2, -0.15) is 0 Å². The van der Waals surface area contributed by atoms with Crippen LogP contribution in [-0.2, 0) is 22.9 Å². The Hall–Kier alpha value is -2.28. The maximum Gasteiger partial charge on any atom is 0.251 e. The third kappa shape index (κ3) is 3.31. The topological polar surface area (TPSA) is 79.6 Å². The van der Waals surface area contributed by atoms with Gasteiger partial charge in [0.2, 0.25) is 10.0 Å². The molecule has 1 N–H and O–H groups in total. The van der Waals surface area contributed by atoms with Crippen LogP contribution in [0.15, 0.2) is 41.0 Å². The number of sulfonamides is 1. The molecule has 1 aromatic heterocycles. The molecule has 3 rings (SSSR count). The summed E-state index contributed by atoms with van der Waals surface area (Å²) in [7, 11) is -3.32. The highest BCUT2D eigenvalue weighted by Crippen LogP contribution is 2.34. The van der Waals surface area contributed by atoms with Crippen LogP contribution in [0.4, 0.5) is 5.69 Å². The summed E-state index contributed by atoms with van der Waals surface area (Å²) in [5, 5.41) is 2.85. The molecule has 24 heavy (non-hydrogen) atoms. The van der Waals surface area contributed by atoms with Gasteiger partial charge in [0.25, 0.3) is 5.91 Å². The van der Waals surface area contributed by atoms with Crippen LogP contribution in [0.1, 0.15) is 28.6 Å². The van der Waals surface area contributed by atoms with Crippen molar-refractivity contribution in [3.8, 4) is 0 Å². The van der Waals surface area contributed by atoms with Gasteiger partial charge in [-0.05, 0) is 49.2 Å². The summed E-state index contributed by atoms with van der Waals surface area (Å²) in [6.07, 6.45) is 4.04. The smallest absolute Gasteiger partial charge is 0.251 e.